The summed E-state index contributed by atoms with van der Waals surface area (Å²) in [6.45, 7) is 0. The smallest absolute Gasteiger partial charge is 0.232 e. The van der Waals surface area contributed by atoms with Crippen molar-refractivity contribution < 1.29 is 0 Å². The Labute approximate surface area is 78.6 Å². The molecule has 0 bridgehead atoms. The molecule has 0 atom stereocenters. The Morgan fingerprint density at radius 2 is 2.14 bits per heavy atom. The summed E-state index contributed by atoms with van der Waals surface area (Å²) in [5.74, 6) is 0.621. The lowest BCUT2D eigenvalue weighted by Crippen LogP contribution is -1.96. The minimum absolute atomic E-state index is 0.621. The molecule has 0 saturated carbocycles. The van der Waals surface area contributed by atoms with Crippen LogP contribution in [-0.2, 0) is 0 Å². The van der Waals surface area contributed by atoms with Gasteiger partial charge in [0.1, 0.15) is 6.33 Å². The molecule has 0 saturated heterocycles. The van der Waals surface area contributed by atoms with E-state index in [0.29, 0.717) is 5.95 Å². The van der Waals surface area contributed by atoms with Crippen molar-refractivity contribution in [2.75, 3.05) is 0 Å². The van der Waals surface area contributed by atoms with Crippen LogP contribution in [0.4, 0.5) is 0 Å². The van der Waals surface area contributed by atoms with Crippen LogP contribution >= 0.6 is 0 Å². The van der Waals surface area contributed by atoms with Gasteiger partial charge in [0.2, 0.25) is 5.95 Å². The van der Waals surface area contributed by atoms with Gasteiger partial charge in [-0.05, 0) is 22.6 Å². The number of nitrogens with zero attached hydrogens (tertiary/aromatic N) is 5. The molecule has 0 fully saturated rings. The van der Waals surface area contributed by atoms with Crippen LogP contribution in [0.2, 0.25) is 0 Å². The highest BCUT2D eigenvalue weighted by Crippen LogP contribution is 2.11. The molecule has 0 aliphatic heterocycles. The molecule has 0 spiro atoms. The molecule has 14 heavy (non-hydrogen) atoms. The van der Waals surface area contributed by atoms with Crippen LogP contribution in [0.15, 0.2) is 30.6 Å². The van der Waals surface area contributed by atoms with Gasteiger partial charge in [0.25, 0.3) is 0 Å². The van der Waals surface area contributed by atoms with E-state index in [1.54, 1.807) is 0 Å². The predicted molar refractivity (Wildman–Crippen MR) is 48.8 cm³/mol. The zero-order valence-corrected chi connectivity index (χ0v) is 7.12. The number of hydrogen-bond acceptors (Lipinski definition) is 4. The van der Waals surface area contributed by atoms with E-state index < -0.39 is 0 Å². The van der Waals surface area contributed by atoms with Crippen molar-refractivity contribution in [2.24, 2.45) is 0 Å². The van der Waals surface area contributed by atoms with Gasteiger partial charge in [-0.25, -0.2) is 4.98 Å². The van der Waals surface area contributed by atoms with Gasteiger partial charge in [-0.15, -0.1) is 5.10 Å². The molecule has 6 heteroatoms. The molecule has 3 aromatic rings. The number of H-pyrrole nitrogens is 1. The molecule has 2 heterocycles. The number of nitrogens with one attached hydrogen (secondary N) is 1. The maximum Gasteiger partial charge on any atom is 0.232 e. The minimum atomic E-state index is 0.621. The Kier molecular flexibility index (Phi) is 1.35. The quantitative estimate of drug-likeness (QED) is 0.602. The number of benzene rings is 1. The molecular weight excluding hydrogens is 180 g/mol. The number of aromatic nitrogens is 6. The maximum atomic E-state index is 4.32. The lowest BCUT2D eigenvalue weighted by molar-refractivity contribution is 0.760. The Hall–Kier alpha value is -2.24. The van der Waals surface area contributed by atoms with Crippen LogP contribution in [0.25, 0.3) is 17.0 Å². The van der Waals surface area contributed by atoms with Crippen LogP contribution in [0.1, 0.15) is 0 Å². The fourth-order valence-corrected chi connectivity index (χ4v) is 1.31. The molecule has 68 valence electrons. The Bertz CT molecular complexity index is 519. The van der Waals surface area contributed by atoms with Gasteiger partial charge in [0.05, 0.1) is 11.0 Å². The summed E-state index contributed by atoms with van der Waals surface area (Å²) >= 11 is 0. The molecule has 2 aromatic heterocycles. The van der Waals surface area contributed by atoms with E-state index in [4.69, 9.17) is 0 Å². The second-order valence-electron chi connectivity index (χ2n) is 2.83. The standard InChI is InChI=1S/C8H6N6/c1-2-4-7-6(3-1)10-8(11-7)14-5-9-12-13-14/h1-5H,(H,10,11). The topological polar surface area (TPSA) is 72.3 Å². The first-order valence-corrected chi connectivity index (χ1v) is 4.11. The molecule has 6 nitrogen and oxygen atoms in total. The second kappa shape index (κ2) is 2.63. The van der Waals surface area contributed by atoms with Gasteiger partial charge in [0.15, 0.2) is 0 Å². The van der Waals surface area contributed by atoms with Crippen molar-refractivity contribution in [1.29, 1.82) is 0 Å². The molecule has 0 aliphatic rings. The summed E-state index contributed by atoms with van der Waals surface area (Å²) < 4.78 is 1.49. The third-order valence-corrected chi connectivity index (χ3v) is 1.94. The number of hydrogen-bond donors (Lipinski definition) is 1. The summed E-state index contributed by atoms with van der Waals surface area (Å²) in [6.07, 6.45) is 1.50. The summed E-state index contributed by atoms with van der Waals surface area (Å²) in [4.78, 5) is 7.43. The first kappa shape index (κ1) is 7.19. The minimum Gasteiger partial charge on any atom is -0.322 e. The summed E-state index contributed by atoms with van der Waals surface area (Å²) in [5, 5.41) is 10.8. The molecule has 0 unspecified atom stereocenters. The number of para-hydroxylation sites is 2. The lowest BCUT2D eigenvalue weighted by atomic mass is 10.3. The van der Waals surface area contributed by atoms with E-state index in [1.807, 2.05) is 24.3 Å². The van der Waals surface area contributed by atoms with E-state index >= 15 is 0 Å². The molecular formula is C8H6N6. The number of imidazole rings is 1. The van der Waals surface area contributed by atoms with E-state index in [2.05, 4.69) is 25.5 Å². The van der Waals surface area contributed by atoms with Crippen molar-refractivity contribution in [3.8, 4) is 5.95 Å². The fraction of sp³-hybridized carbons (Fsp3) is 0. The zero-order chi connectivity index (χ0) is 9.38. The number of aromatic amines is 1. The normalized spacial score (nSPS) is 10.9. The summed E-state index contributed by atoms with van der Waals surface area (Å²) in [5.41, 5.74) is 1.87. The SMILES string of the molecule is c1ccc2[nH]c(-n3cnnn3)nc2c1. The third-order valence-electron chi connectivity index (χ3n) is 1.94. The van der Waals surface area contributed by atoms with Gasteiger partial charge in [-0.2, -0.15) is 4.68 Å². The molecule has 1 aromatic carbocycles. The first-order chi connectivity index (χ1) is 6.93. The highest BCUT2D eigenvalue weighted by molar-refractivity contribution is 5.75. The van der Waals surface area contributed by atoms with Crippen molar-refractivity contribution in [1.82, 2.24) is 30.2 Å². The zero-order valence-electron chi connectivity index (χ0n) is 7.12. The van der Waals surface area contributed by atoms with Crippen molar-refractivity contribution >= 4 is 11.0 Å². The molecule has 1 N–H and O–H groups in total. The monoisotopic (exact) mass is 186 g/mol. The van der Waals surface area contributed by atoms with E-state index in [9.17, 15) is 0 Å². The Balaban J connectivity index is 2.24. The van der Waals surface area contributed by atoms with Crippen molar-refractivity contribution in [3.63, 3.8) is 0 Å². The number of fused-ring (bicyclic) bond motifs is 1. The predicted octanol–water partition coefficient (Wildman–Crippen LogP) is 0.539. The largest absolute Gasteiger partial charge is 0.322 e. The van der Waals surface area contributed by atoms with Gasteiger partial charge in [-0.1, -0.05) is 12.1 Å². The summed E-state index contributed by atoms with van der Waals surface area (Å²) in [6, 6.07) is 7.77. The first-order valence-electron chi connectivity index (χ1n) is 4.11. The van der Waals surface area contributed by atoms with Gasteiger partial charge in [0, 0.05) is 0 Å². The molecule has 3 rings (SSSR count). The molecule has 0 amide bonds. The average Bonchev–Trinajstić information content (AvgIpc) is 2.86. The highest BCUT2D eigenvalue weighted by atomic mass is 15.6. The molecule has 0 radical (unpaired) electrons. The Morgan fingerprint density at radius 1 is 1.21 bits per heavy atom. The van der Waals surface area contributed by atoms with Gasteiger partial charge < -0.3 is 4.98 Å². The van der Waals surface area contributed by atoms with Crippen LogP contribution < -0.4 is 0 Å². The van der Waals surface area contributed by atoms with Crippen LogP contribution in [-0.4, -0.2) is 30.2 Å². The van der Waals surface area contributed by atoms with E-state index in [-0.39, 0.29) is 0 Å². The van der Waals surface area contributed by atoms with E-state index in [0.717, 1.165) is 11.0 Å². The Morgan fingerprint density at radius 3 is 2.93 bits per heavy atom. The third kappa shape index (κ3) is 0.972. The fourth-order valence-electron chi connectivity index (χ4n) is 1.31. The number of rotatable bonds is 1. The van der Waals surface area contributed by atoms with Crippen LogP contribution in [0, 0.1) is 0 Å². The second-order valence-corrected chi connectivity index (χ2v) is 2.83. The molecule has 0 aliphatic carbocycles. The van der Waals surface area contributed by atoms with E-state index in [1.165, 1.54) is 11.0 Å². The van der Waals surface area contributed by atoms with Gasteiger partial charge >= 0.3 is 0 Å². The maximum absolute atomic E-state index is 4.32. The number of tetrazole rings is 1. The van der Waals surface area contributed by atoms with Crippen molar-refractivity contribution in [2.45, 2.75) is 0 Å². The average molecular weight is 186 g/mol. The van der Waals surface area contributed by atoms with Crippen LogP contribution in [0.3, 0.4) is 0 Å². The lowest BCUT2D eigenvalue weighted by Gasteiger charge is -1.88. The summed E-state index contributed by atoms with van der Waals surface area (Å²) in [7, 11) is 0. The highest BCUT2D eigenvalue weighted by Gasteiger charge is 2.03. The van der Waals surface area contributed by atoms with Crippen LogP contribution in [0.5, 0.6) is 0 Å². The van der Waals surface area contributed by atoms with Gasteiger partial charge in [-0.3, -0.25) is 0 Å². The van der Waals surface area contributed by atoms with Crippen molar-refractivity contribution in [3.05, 3.63) is 30.6 Å².